The van der Waals surface area contributed by atoms with E-state index < -0.39 is 0 Å². The van der Waals surface area contributed by atoms with Gasteiger partial charge >= 0.3 is 0 Å². The topological polar surface area (TPSA) is 50.4 Å². The maximum absolute atomic E-state index is 12.5. The van der Waals surface area contributed by atoms with Gasteiger partial charge in [0.05, 0.1) is 18.1 Å². The maximum atomic E-state index is 12.5. The molecule has 106 valence electrons. The molecule has 1 fully saturated rings. The molecule has 1 saturated heterocycles. The second kappa shape index (κ2) is 7.10. The fourth-order valence-corrected chi connectivity index (χ4v) is 2.64. The summed E-state index contributed by atoms with van der Waals surface area (Å²) in [6, 6.07) is 0.108. The van der Waals surface area contributed by atoms with E-state index in [0.717, 1.165) is 32.4 Å². The normalized spacial score (nSPS) is 25.4. The highest BCUT2D eigenvalue weighted by Crippen LogP contribution is 2.31. The summed E-state index contributed by atoms with van der Waals surface area (Å²) in [4.78, 5) is 12.5. The Morgan fingerprint density at radius 2 is 2.22 bits per heavy atom. The van der Waals surface area contributed by atoms with Crippen LogP contribution in [0.15, 0.2) is 0 Å². The Labute approximate surface area is 111 Å². The SMILES string of the molecule is CCCC1(C(=O)NC(COC)C(C)C)CCNC1. The van der Waals surface area contributed by atoms with Crippen LogP contribution in [0.4, 0.5) is 0 Å². The zero-order valence-corrected chi connectivity index (χ0v) is 12.2. The molecule has 0 aromatic rings. The molecule has 0 aliphatic carbocycles. The summed E-state index contributed by atoms with van der Waals surface area (Å²) in [6.07, 6.45) is 2.96. The summed E-state index contributed by atoms with van der Waals surface area (Å²) in [5.41, 5.74) is -0.199. The first-order chi connectivity index (χ1) is 8.55. The molecule has 2 unspecified atom stereocenters. The zero-order valence-electron chi connectivity index (χ0n) is 12.2. The van der Waals surface area contributed by atoms with E-state index in [1.165, 1.54) is 0 Å². The Bertz CT molecular complexity index is 261. The van der Waals surface area contributed by atoms with Crippen molar-refractivity contribution in [3.63, 3.8) is 0 Å². The third-order valence-corrected chi connectivity index (χ3v) is 3.92. The van der Waals surface area contributed by atoms with Crippen LogP contribution in [0.2, 0.25) is 0 Å². The summed E-state index contributed by atoms with van der Waals surface area (Å²) >= 11 is 0. The summed E-state index contributed by atoms with van der Waals surface area (Å²) in [5, 5.41) is 6.50. The van der Waals surface area contributed by atoms with Crippen LogP contribution in [0, 0.1) is 11.3 Å². The Morgan fingerprint density at radius 1 is 1.50 bits per heavy atom. The summed E-state index contributed by atoms with van der Waals surface area (Å²) in [7, 11) is 1.68. The first-order valence-corrected chi connectivity index (χ1v) is 7.06. The molecular weight excluding hydrogens is 228 g/mol. The van der Waals surface area contributed by atoms with Gasteiger partial charge in [-0.1, -0.05) is 27.2 Å². The van der Waals surface area contributed by atoms with Crippen molar-refractivity contribution >= 4 is 5.91 Å². The molecule has 1 aliphatic heterocycles. The molecule has 0 radical (unpaired) electrons. The average Bonchev–Trinajstić information content (AvgIpc) is 2.78. The average molecular weight is 256 g/mol. The fourth-order valence-electron chi connectivity index (χ4n) is 2.64. The molecule has 0 bridgehead atoms. The van der Waals surface area contributed by atoms with Crippen molar-refractivity contribution in [3.05, 3.63) is 0 Å². The molecule has 2 N–H and O–H groups in total. The molecule has 1 heterocycles. The Kier molecular flexibility index (Phi) is 6.09. The summed E-state index contributed by atoms with van der Waals surface area (Å²) < 4.78 is 5.19. The lowest BCUT2D eigenvalue weighted by molar-refractivity contribution is -0.132. The molecule has 2 atom stereocenters. The number of carbonyl (C=O) groups excluding carboxylic acids is 1. The van der Waals surface area contributed by atoms with Crippen LogP contribution in [-0.4, -0.2) is 38.8 Å². The molecule has 4 nitrogen and oxygen atoms in total. The third kappa shape index (κ3) is 3.69. The first kappa shape index (κ1) is 15.4. The minimum atomic E-state index is -0.199. The van der Waals surface area contributed by atoms with E-state index in [-0.39, 0.29) is 17.4 Å². The van der Waals surface area contributed by atoms with Crippen molar-refractivity contribution in [2.45, 2.75) is 46.1 Å². The van der Waals surface area contributed by atoms with Gasteiger partial charge in [-0.05, 0) is 25.3 Å². The molecule has 0 aromatic carbocycles. The number of nitrogens with one attached hydrogen (secondary N) is 2. The smallest absolute Gasteiger partial charge is 0.227 e. The molecule has 0 spiro atoms. The third-order valence-electron chi connectivity index (χ3n) is 3.92. The van der Waals surface area contributed by atoms with Gasteiger partial charge in [0.15, 0.2) is 0 Å². The van der Waals surface area contributed by atoms with Crippen LogP contribution in [-0.2, 0) is 9.53 Å². The zero-order chi connectivity index (χ0) is 13.6. The van der Waals surface area contributed by atoms with E-state index in [0.29, 0.717) is 12.5 Å². The van der Waals surface area contributed by atoms with Crippen LogP contribution in [0.5, 0.6) is 0 Å². The molecular formula is C14H28N2O2. The number of carbonyl (C=O) groups is 1. The van der Waals surface area contributed by atoms with E-state index in [1.54, 1.807) is 7.11 Å². The van der Waals surface area contributed by atoms with Crippen molar-refractivity contribution in [1.29, 1.82) is 0 Å². The van der Waals surface area contributed by atoms with Crippen LogP contribution in [0.1, 0.15) is 40.0 Å². The van der Waals surface area contributed by atoms with E-state index in [9.17, 15) is 4.79 Å². The molecule has 18 heavy (non-hydrogen) atoms. The standard InChI is InChI=1S/C14H28N2O2/c1-5-6-14(7-8-15-10-14)13(17)16-12(9-18-4)11(2)3/h11-12,15H,5-10H2,1-4H3,(H,16,17). The van der Waals surface area contributed by atoms with Gasteiger partial charge in [-0.25, -0.2) is 0 Å². The fraction of sp³-hybridized carbons (Fsp3) is 0.929. The Hall–Kier alpha value is -0.610. The van der Waals surface area contributed by atoms with Gasteiger partial charge in [0, 0.05) is 13.7 Å². The van der Waals surface area contributed by atoms with Gasteiger partial charge < -0.3 is 15.4 Å². The highest BCUT2D eigenvalue weighted by molar-refractivity contribution is 5.83. The molecule has 1 rings (SSSR count). The van der Waals surface area contributed by atoms with Crippen LogP contribution in [0.3, 0.4) is 0 Å². The minimum absolute atomic E-state index is 0.108. The summed E-state index contributed by atoms with van der Waals surface area (Å²) in [5.74, 6) is 0.590. The van der Waals surface area contributed by atoms with Gasteiger partial charge in [0.25, 0.3) is 0 Å². The molecule has 1 aliphatic rings. The van der Waals surface area contributed by atoms with Crippen LogP contribution >= 0.6 is 0 Å². The van der Waals surface area contributed by atoms with E-state index in [1.807, 2.05) is 0 Å². The lowest BCUT2D eigenvalue weighted by atomic mass is 9.81. The van der Waals surface area contributed by atoms with Crippen molar-refractivity contribution in [1.82, 2.24) is 10.6 Å². The highest BCUT2D eigenvalue weighted by Gasteiger charge is 2.41. The second-order valence-corrected chi connectivity index (χ2v) is 5.74. The van der Waals surface area contributed by atoms with Gasteiger partial charge in [-0.3, -0.25) is 4.79 Å². The minimum Gasteiger partial charge on any atom is -0.383 e. The Morgan fingerprint density at radius 3 is 2.67 bits per heavy atom. The largest absolute Gasteiger partial charge is 0.383 e. The highest BCUT2D eigenvalue weighted by atomic mass is 16.5. The van der Waals surface area contributed by atoms with Crippen molar-refractivity contribution in [2.24, 2.45) is 11.3 Å². The lowest BCUT2D eigenvalue weighted by Gasteiger charge is -2.30. The van der Waals surface area contributed by atoms with Crippen molar-refractivity contribution < 1.29 is 9.53 Å². The maximum Gasteiger partial charge on any atom is 0.227 e. The second-order valence-electron chi connectivity index (χ2n) is 5.74. The van der Waals surface area contributed by atoms with Gasteiger partial charge in [-0.2, -0.15) is 0 Å². The van der Waals surface area contributed by atoms with Gasteiger partial charge in [0.2, 0.25) is 5.91 Å². The van der Waals surface area contributed by atoms with Gasteiger partial charge in [0.1, 0.15) is 0 Å². The molecule has 0 saturated carbocycles. The van der Waals surface area contributed by atoms with Crippen LogP contribution < -0.4 is 10.6 Å². The number of methoxy groups -OCH3 is 1. The number of rotatable bonds is 7. The van der Waals surface area contributed by atoms with Gasteiger partial charge in [-0.15, -0.1) is 0 Å². The van der Waals surface area contributed by atoms with E-state index in [4.69, 9.17) is 4.74 Å². The molecule has 4 heteroatoms. The predicted molar refractivity (Wildman–Crippen MR) is 73.5 cm³/mol. The van der Waals surface area contributed by atoms with Crippen LogP contribution in [0.25, 0.3) is 0 Å². The monoisotopic (exact) mass is 256 g/mol. The molecule has 1 amide bonds. The number of hydrogen-bond acceptors (Lipinski definition) is 3. The van der Waals surface area contributed by atoms with Crippen molar-refractivity contribution in [2.75, 3.05) is 26.8 Å². The van der Waals surface area contributed by atoms with E-state index in [2.05, 4.69) is 31.4 Å². The number of amides is 1. The van der Waals surface area contributed by atoms with E-state index >= 15 is 0 Å². The summed E-state index contributed by atoms with van der Waals surface area (Å²) in [6.45, 7) is 8.71. The number of hydrogen-bond donors (Lipinski definition) is 2. The van der Waals surface area contributed by atoms with Crippen molar-refractivity contribution in [3.8, 4) is 0 Å². The lowest BCUT2D eigenvalue weighted by Crippen LogP contribution is -2.50. The number of ether oxygens (including phenoxy) is 1. The predicted octanol–water partition coefficient (Wildman–Crippen LogP) is 1.55. The first-order valence-electron chi connectivity index (χ1n) is 7.06. The molecule has 0 aromatic heterocycles. The quantitative estimate of drug-likeness (QED) is 0.726. The Balaban J connectivity index is 2.65.